The van der Waals surface area contributed by atoms with Crippen molar-refractivity contribution < 1.29 is 9.53 Å². The molecule has 0 unspecified atom stereocenters. The molecule has 0 saturated carbocycles. The van der Waals surface area contributed by atoms with Gasteiger partial charge in [0.05, 0.1) is 0 Å². The normalized spacial score (nSPS) is 19.3. The Balaban J connectivity index is 1.83. The molecule has 0 amide bonds. The molecule has 0 bridgehead atoms. The highest BCUT2D eigenvalue weighted by molar-refractivity contribution is 6.30. The zero-order chi connectivity index (χ0) is 15.2. The van der Waals surface area contributed by atoms with E-state index in [0.717, 1.165) is 43.9 Å². The predicted molar refractivity (Wildman–Crippen MR) is 81.5 cm³/mol. The van der Waals surface area contributed by atoms with Crippen LogP contribution in [0, 0.1) is 6.92 Å². The summed E-state index contributed by atoms with van der Waals surface area (Å²) in [7, 11) is 0. The number of aryl methyl sites for hydroxylation is 1. The van der Waals surface area contributed by atoms with Gasteiger partial charge in [-0.05, 0) is 37.9 Å². The first-order valence-corrected chi connectivity index (χ1v) is 7.54. The molecule has 1 aromatic heterocycles. The zero-order valence-corrected chi connectivity index (χ0v) is 13.2. The van der Waals surface area contributed by atoms with E-state index in [2.05, 4.69) is 20.4 Å². The Morgan fingerprint density at radius 1 is 1.57 bits per heavy atom. The van der Waals surface area contributed by atoms with Crippen LogP contribution < -0.4 is 5.32 Å². The summed E-state index contributed by atoms with van der Waals surface area (Å²) < 4.78 is 4.99. The highest BCUT2D eigenvalue weighted by Gasteiger charge is 2.20. The second-order valence-electron chi connectivity index (χ2n) is 5.33. The molecule has 7 heteroatoms. The number of rotatable bonds is 5. The van der Waals surface area contributed by atoms with Gasteiger partial charge in [0.2, 0.25) is 0 Å². The van der Waals surface area contributed by atoms with Crippen LogP contribution in [-0.2, 0) is 9.53 Å². The van der Waals surface area contributed by atoms with Gasteiger partial charge in [-0.25, -0.2) is 0 Å². The van der Waals surface area contributed by atoms with Crippen molar-refractivity contribution in [3.63, 3.8) is 0 Å². The Morgan fingerprint density at radius 3 is 3.10 bits per heavy atom. The molecule has 21 heavy (non-hydrogen) atoms. The molecule has 1 aromatic rings. The van der Waals surface area contributed by atoms with Crippen molar-refractivity contribution in [2.75, 3.05) is 31.6 Å². The first-order valence-electron chi connectivity index (χ1n) is 7.16. The minimum atomic E-state index is -0.228. The molecule has 0 aliphatic carbocycles. The second-order valence-corrected chi connectivity index (χ2v) is 5.69. The fourth-order valence-electron chi connectivity index (χ4n) is 2.44. The lowest BCUT2D eigenvalue weighted by atomic mass is 10.1. The topological polar surface area (TPSA) is 67.3 Å². The standard InChI is InChI=1S/C14H21ClN4O2/c1-10-8-13(17-18-14(10)15)16-12-4-3-5-19(9-12)6-7-21-11(2)20/h8,12H,3-7,9H2,1-2H3,(H,16,17)/t12-/m1/s1. The quantitative estimate of drug-likeness (QED) is 0.837. The number of nitrogens with one attached hydrogen (secondary N) is 1. The number of nitrogens with zero attached hydrogens (tertiary/aromatic N) is 3. The summed E-state index contributed by atoms with van der Waals surface area (Å²) in [5, 5.41) is 11.8. The third-order valence-electron chi connectivity index (χ3n) is 3.49. The van der Waals surface area contributed by atoms with Crippen molar-refractivity contribution in [2.24, 2.45) is 0 Å². The number of anilines is 1. The molecule has 1 atom stereocenters. The van der Waals surface area contributed by atoms with Gasteiger partial charge in [0, 0.05) is 26.1 Å². The minimum absolute atomic E-state index is 0.228. The average Bonchev–Trinajstić information content (AvgIpc) is 2.43. The molecule has 0 radical (unpaired) electrons. The van der Waals surface area contributed by atoms with Gasteiger partial charge >= 0.3 is 5.97 Å². The molecule has 6 nitrogen and oxygen atoms in total. The molecular formula is C14H21ClN4O2. The Labute approximate surface area is 129 Å². The van der Waals surface area contributed by atoms with Crippen molar-refractivity contribution in [1.29, 1.82) is 0 Å². The number of halogens is 1. The summed E-state index contributed by atoms with van der Waals surface area (Å²) in [6.45, 7) is 6.50. The molecule has 0 aromatic carbocycles. The van der Waals surface area contributed by atoms with Gasteiger partial charge in [-0.3, -0.25) is 9.69 Å². The van der Waals surface area contributed by atoms with Crippen molar-refractivity contribution in [3.05, 3.63) is 16.8 Å². The number of carbonyl (C=O) groups excluding carboxylic acids is 1. The first kappa shape index (κ1) is 16.0. The number of ether oxygens (including phenoxy) is 1. The van der Waals surface area contributed by atoms with E-state index in [4.69, 9.17) is 16.3 Å². The summed E-state index contributed by atoms with van der Waals surface area (Å²) in [6, 6.07) is 2.23. The van der Waals surface area contributed by atoms with Crippen molar-refractivity contribution >= 4 is 23.4 Å². The number of hydrogen-bond donors (Lipinski definition) is 1. The zero-order valence-electron chi connectivity index (χ0n) is 12.4. The predicted octanol–water partition coefficient (Wildman–Crippen LogP) is 1.88. The van der Waals surface area contributed by atoms with E-state index in [9.17, 15) is 4.79 Å². The third-order valence-corrected chi connectivity index (χ3v) is 3.87. The Bertz CT molecular complexity index is 498. The highest BCUT2D eigenvalue weighted by atomic mass is 35.5. The van der Waals surface area contributed by atoms with E-state index in [-0.39, 0.29) is 5.97 Å². The van der Waals surface area contributed by atoms with E-state index < -0.39 is 0 Å². The van der Waals surface area contributed by atoms with Crippen LogP contribution in [0.2, 0.25) is 5.15 Å². The van der Waals surface area contributed by atoms with Crippen molar-refractivity contribution in [2.45, 2.75) is 32.7 Å². The summed E-state index contributed by atoms with van der Waals surface area (Å²) >= 11 is 5.88. The van der Waals surface area contributed by atoms with Gasteiger partial charge in [0.1, 0.15) is 12.4 Å². The van der Waals surface area contributed by atoms with Crippen LogP contribution in [0.3, 0.4) is 0 Å². The number of hydrogen-bond acceptors (Lipinski definition) is 6. The van der Waals surface area contributed by atoms with Gasteiger partial charge in [0.15, 0.2) is 5.15 Å². The van der Waals surface area contributed by atoms with Gasteiger partial charge in [0.25, 0.3) is 0 Å². The van der Waals surface area contributed by atoms with Crippen molar-refractivity contribution in [3.8, 4) is 0 Å². The molecule has 2 heterocycles. The summed E-state index contributed by atoms with van der Waals surface area (Å²) in [5.74, 6) is 0.525. The maximum absolute atomic E-state index is 10.8. The number of piperidine rings is 1. The van der Waals surface area contributed by atoms with Gasteiger partial charge in [-0.2, -0.15) is 0 Å². The van der Waals surface area contributed by atoms with Crippen LogP contribution in [0.4, 0.5) is 5.82 Å². The van der Waals surface area contributed by atoms with Gasteiger partial charge < -0.3 is 10.1 Å². The Kier molecular flexibility index (Phi) is 5.76. The first-order chi connectivity index (χ1) is 10.0. The SMILES string of the molecule is CC(=O)OCCN1CCC[C@@H](Nc2cc(C)c(Cl)nn2)C1. The molecule has 1 N–H and O–H groups in total. The van der Waals surface area contributed by atoms with E-state index in [1.54, 1.807) is 0 Å². The van der Waals surface area contributed by atoms with Crippen LogP contribution in [-0.4, -0.2) is 53.3 Å². The molecule has 1 aliphatic heterocycles. The van der Waals surface area contributed by atoms with Crippen LogP contribution in [0.1, 0.15) is 25.3 Å². The van der Waals surface area contributed by atoms with Crippen molar-refractivity contribution in [1.82, 2.24) is 15.1 Å². The van der Waals surface area contributed by atoms with Gasteiger partial charge in [-0.1, -0.05) is 11.6 Å². The van der Waals surface area contributed by atoms with E-state index in [0.29, 0.717) is 17.8 Å². The Hall–Kier alpha value is -1.40. The second kappa shape index (κ2) is 7.56. The number of esters is 1. The number of carbonyl (C=O) groups is 1. The molecular weight excluding hydrogens is 292 g/mol. The molecule has 1 saturated heterocycles. The highest BCUT2D eigenvalue weighted by Crippen LogP contribution is 2.17. The maximum Gasteiger partial charge on any atom is 0.302 e. The summed E-state index contributed by atoms with van der Waals surface area (Å²) in [6.07, 6.45) is 2.20. The third kappa shape index (κ3) is 5.13. The molecule has 1 aliphatic rings. The summed E-state index contributed by atoms with van der Waals surface area (Å²) in [5.41, 5.74) is 0.914. The summed E-state index contributed by atoms with van der Waals surface area (Å²) in [4.78, 5) is 13.1. The average molecular weight is 313 g/mol. The van der Waals surface area contributed by atoms with Crippen LogP contribution in [0.15, 0.2) is 6.07 Å². The fraction of sp³-hybridized carbons (Fsp3) is 0.643. The molecule has 1 fully saturated rings. The number of likely N-dealkylation sites (tertiary alicyclic amines) is 1. The Morgan fingerprint density at radius 2 is 2.38 bits per heavy atom. The van der Waals surface area contributed by atoms with Crippen LogP contribution in [0.25, 0.3) is 0 Å². The van der Waals surface area contributed by atoms with E-state index in [1.807, 2.05) is 13.0 Å². The lowest BCUT2D eigenvalue weighted by Crippen LogP contribution is -2.43. The van der Waals surface area contributed by atoms with E-state index >= 15 is 0 Å². The van der Waals surface area contributed by atoms with E-state index in [1.165, 1.54) is 6.92 Å². The van der Waals surface area contributed by atoms with Crippen LogP contribution >= 0.6 is 11.6 Å². The fourth-order valence-corrected chi connectivity index (χ4v) is 2.54. The largest absolute Gasteiger partial charge is 0.465 e. The molecule has 2 rings (SSSR count). The molecule has 116 valence electrons. The lowest BCUT2D eigenvalue weighted by molar-refractivity contribution is -0.141. The lowest BCUT2D eigenvalue weighted by Gasteiger charge is -2.33. The molecule has 0 spiro atoms. The van der Waals surface area contributed by atoms with Crippen LogP contribution in [0.5, 0.6) is 0 Å². The monoisotopic (exact) mass is 312 g/mol. The maximum atomic E-state index is 10.8. The minimum Gasteiger partial charge on any atom is -0.465 e. The van der Waals surface area contributed by atoms with Gasteiger partial charge in [-0.15, -0.1) is 10.2 Å². The number of aromatic nitrogens is 2. The smallest absolute Gasteiger partial charge is 0.302 e.